The summed E-state index contributed by atoms with van der Waals surface area (Å²) >= 11 is 0. The average molecular weight is 274 g/mol. The van der Waals surface area contributed by atoms with Gasteiger partial charge in [-0.15, -0.1) is 0 Å². The maximum atomic E-state index is 5.78. The van der Waals surface area contributed by atoms with Crippen LogP contribution in [0, 0.1) is 0 Å². The van der Waals surface area contributed by atoms with E-state index in [-0.39, 0.29) is 0 Å². The first kappa shape index (κ1) is 14.6. The van der Waals surface area contributed by atoms with Crippen LogP contribution in [0.4, 0.5) is 0 Å². The lowest BCUT2D eigenvalue weighted by Gasteiger charge is -2.15. The summed E-state index contributed by atoms with van der Waals surface area (Å²) in [6.07, 6.45) is 1.70. The van der Waals surface area contributed by atoms with Crippen LogP contribution in [0.25, 0.3) is 0 Å². The minimum atomic E-state index is 0.667. The van der Waals surface area contributed by atoms with Gasteiger partial charge in [-0.3, -0.25) is 4.90 Å². The molecule has 20 heavy (non-hydrogen) atoms. The lowest BCUT2D eigenvalue weighted by Crippen LogP contribution is -2.23. The third kappa shape index (κ3) is 4.72. The molecule has 0 aliphatic carbocycles. The zero-order valence-corrected chi connectivity index (χ0v) is 12.1. The molecule has 1 aromatic carbocycles. The molecule has 0 amide bonds. The maximum Gasteiger partial charge on any atom is 0.119 e. The quantitative estimate of drug-likeness (QED) is 0.802. The predicted octanol–water partition coefficient (Wildman–Crippen LogP) is 2.51. The summed E-state index contributed by atoms with van der Waals surface area (Å²) in [4.78, 5) is 2.18. The molecule has 108 valence electrons. The normalized spacial score (nSPS) is 10.9. The van der Waals surface area contributed by atoms with Gasteiger partial charge >= 0.3 is 0 Å². The van der Waals surface area contributed by atoms with Crippen LogP contribution in [0.2, 0.25) is 0 Å². The van der Waals surface area contributed by atoms with E-state index in [0.29, 0.717) is 6.61 Å². The highest BCUT2D eigenvalue weighted by Crippen LogP contribution is 2.13. The molecule has 0 bridgehead atoms. The van der Waals surface area contributed by atoms with Gasteiger partial charge in [-0.25, -0.2) is 0 Å². The van der Waals surface area contributed by atoms with Crippen LogP contribution in [0.15, 0.2) is 47.1 Å². The minimum Gasteiger partial charge on any atom is -0.492 e. The van der Waals surface area contributed by atoms with Crippen molar-refractivity contribution < 1.29 is 9.15 Å². The number of hydrogen-bond acceptors (Lipinski definition) is 4. The van der Waals surface area contributed by atoms with Gasteiger partial charge in [0.25, 0.3) is 0 Å². The fraction of sp³-hybridized carbons (Fsp3) is 0.375. The van der Waals surface area contributed by atoms with Gasteiger partial charge in [-0.2, -0.15) is 0 Å². The Hall–Kier alpha value is -1.78. The van der Waals surface area contributed by atoms with Gasteiger partial charge in [0.1, 0.15) is 18.1 Å². The summed E-state index contributed by atoms with van der Waals surface area (Å²) in [5, 5.41) is 3.14. The number of hydrogen-bond donors (Lipinski definition) is 1. The summed E-state index contributed by atoms with van der Waals surface area (Å²) in [5.74, 6) is 1.90. The van der Waals surface area contributed by atoms with E-state index in [1.54, 1.807) is 6.26 Å². The van der Waals surface area contributed by atoms with Gasteiger partial charge < -0.3 is 14.5 Å². The Bertz CT molecular complexity index is 497. The highest BCUT2D eigenvalue weighted by atomic mass is 16.5. The van der Waals surface area contributed by atoms with Crippen molar-refractivity contribution in [2.75, 3.05) is 27.2 Å². The molecule has 4 nitrogen and oxygen atoms in total. The van der Waals surface area contributed by atoms with Crippen LogP contribution < -0.4 is 10.1 Å². The summed E-state index contributed by atoms with van der Waals surface area (Å²) in [7, 11) is 4.00. The zero-order chi connectivity index (χ0) is 14.2. The number of furan rings is 1. The van der Waals surface area contributed by atoms with E-state index < -0.39 is 0 Å². The van der Waals surface area contributed by atoms with Gasteiger partial charge in [-0.1, -0.05) is 12.1 Å². The molecule has 4 heteroatoms. The van der Waals surface area contributed by atoms with E-state index >= 15 is 0 Å². The summed E-state index contributed by atoms with van der Waals surface area (Å²) in [5.41, 5.74) is 1.23. The van der Waals surface area contributed by atoms with Gasteiger partial charge in [0, 0.05) is 13.1 Å². The van der Waals surface area contributed by atoms with Gasteiger partial charge in [0.05, 0.1) is 12.8 Å². The third-order valence-electron chi connectivity index (χ3n) is 3.03. The number of ether oxygens (including phenoxy) is 1. The molecule has 1 aromatic heterocycles. The first-order valence-electron chi connectivity index (χ1n) is 6.85. The second-order valence-electron chi connectivity index (χ2n) is 4.84. The van der Waals surface area contributed by atoms with Crippen molar-refractivity contribution in [3.05, 3.63) is 54.0 Å². The van der Waals surface area contributed by atoms with Crippen LogP contribution in [-0.4, -0.2) is 32.1 Å². The SMILES string of the molecule is CNCc1cccc(OCCN(C)Cc2ccco2)c1. The third-order valence-corrected chi connectivity index (χ3v) is 3.03. The van der Waals surface area contributed by atoms with E-state index in [2.05, 4.69) is 29.4 Å². The largest absolute Gasteiger partial charge is 0.492 e. The van der Waals surface area contributed by atoms with E-state index in [4.69, 9.17) is 9.15 Å². The minimum absolute atomic E-state index is 0.667. The number of nitrogens with zero attached hydrogens (tertiary/aromatic N) is 1. The van der Waals surface area contributed by atoms with E-state index in [1.807, 2.05) is 31.3 Å². The topological polar surface area (TPSA) is 37.6 Å². The lowest BCUT2D eigenvalue weighted by atomic mass is 10.2. The molecule has 2 rings (SSSR count). The molecule has 0 radical (unpaired) electrons. The number of nitrogens with one attached hydrogen (secondary N) is 1. The Labute approximate surface area is 120 Å². The number of likely N-dealkylation sites (N-methyl/N-ethyl adjacent to an activating group) is 1. The molecule has 0 unspecified atom stereocenters. The molecule has 2 aromatic rings. The summed E-state index contributed by atoms with van der Waals surface area (Å²) in [6.45, 7) is 3.18. The van der Waals surface area contributed by atoms with Crippen molar-refractivity contribution in [3.63, 3.8) is 0 Å². The first-order chi connectivity index (χ1) is 9.78. The van der Waals surface area contributed by atoms with Crippen LogP contribution in [-0.2, 0) is 13.1 Å². The summed E-state index contributed by atoms with van der Waals surface area (Å²) in [6, 6.07) is 12.1. The molecule has 0 aliphatic rings. The lowest BCUT2D eigenvalue weighted by molar-refractivity contribution is 0.222. The maximum absolute atomic E-state index is 5.78. The van der Waals surface area contributed by atoms with Crippen molar-refractivity contribution in [1.82, 2.24) is 10.2 Å². The van der Waals surface area contributed by atoms with Gasteiger partial charge in [0.15, 0.2) is 0 Å². The zero-order valence-electron chi connectivity index (χ0n) is 12.1. The average Bonchev–Trinajstić information content (AvgIpc) is 2.92. The molecule has 1 N–H and O–H groups in total. The Morgan fingerprint density at radius 3 is 2.90 bits per heavy atom. The van der Waals surface area contributed by atoms with Crippen molar-refractivity contribution in [2.45, 2.75) is 13.1 Å². The molecule has 1 heterocycles. The van der Waals surface area contributed by atoms with Crippen LogP contribution in [0.5, 0.6) is 5.75 Å². The van der Waals surface area contributed by atoms with E-state index in [0.717, 1.165) is 31.1 Å². The van der Waals surface area contributed by atoms with Crippen molar-refractivity contribution >= 4 is 0 Å². The van der Waals surface area contributed by atoms with Crippen molar-refractivity contribution in [1.29, 1.82) is 0 Å². The molecule has 0 atom stereocenters. The summed E-state index contributed by atoms with van der Waals surface area (Å²) < 4.78 is 11.1. The highest BCUT2D eigenvalue weighted by molar-refractivity contribution is 5.28. The molecule has 0 saturated carbocycles. The predicted molar refractivity (Wildman–Crippen MR) is 79.7 cm³/mol. The highest BCUT2D eigenvalue weighted by Gasteiger charge is 2.03. The van der Waals surface area contributed by atoms with E-state index in [9.17, 15) is 0 Å². The smallest absolute Gasteiger partial charge is 0.119 e. The molecule has 0 fully saturated rings. The Morgan fingerprint density at radius 1 is 1.25 bits per heavy atom. The van der Waals surface area contributed by atoms with Crippen LogP contribution >= 0.6 is 0 Å². The Morgan fingerprint density at radius 2 is 2.15 bits per heavy atom. The van der Waals surface area contributed by atoms with Crippen molar-refractivity contribution in [2.24, 2.45) is 0 Å². The monoisotopic (exact) mass is 274 g/mol. The standard InChI is InChI=1S/C16H22N2O2/c1-17-12-14-5-3-6-15(11-14)20-10-8-18(2)13-16-7-4-9-19-16/h3-7,9,11,17H,8,10,12-13H2,1-2H3. The van der Waals surface area contributed by atoms with Gasteiger partial charge in [0.2, 0.25) is 0 Å². The molecule has 0 saturated heterocycles. The van der Waals surface area contributed by atoms with Crippen LogP contribution in [0.1, 0.15) is 11.3 Å². The molecule has 0 spiro atoms. The Balaban J connectivity index is 1.73. The number of rotatable bonds is 8. The second kappa shape index (κ2) is 7.72. The van der Waals surface area contributed by atoms with Crippen molar-refractivity contribution in [3.8, 4) is 5.75 Å². The van der Waals surface area contributed by atoms with E-state index in [1.165, 1.54) is 5.56 Å². The first-order valence-corrected chi connectivity index (χ1v) is 6.85. The molecular weight excluding hydrogens is 252 g/mol. The second-order valence-corrected chi connectivity index (χ2v) is 4.84. The fourth-order valence-corrected chi connectivity index (χ4v) is 2.02. The fourth-order valence-electron chi connectivity index (χ4n) is 2.02. The Kier molecular flexibility index (Phi) is 5.65. The van der Waals surface area contributed by atoms with Crippen LogP contribution in [0.3, 0.4) is 0 Å². The molecular formula is C16H22N2O2. The van der Waals surface area contributed by atoms with Gasteiger partial charge in [-0.05, 0) is 43.9 Å². The molecule has 0 aliphatic heterocycles. The number of benzene rings is 1.